The van der Waals surface area contributed by atoms with E-state index in [9.17, 15) is 4.39 Å². The van der Waals surface area contributed by atoms with E-state index in [4.69, 9.17) is 0 Å². The molecule has 2 rings (SSSR count). The molecule has 0 radical (unpaired) electrons. The molecule has 0 amide bonds. The van der Waals surface area contributed by atoms with Gasteiger partial charge in [0.2, 0.25) is 0 Å². The zero-order chi connectivity index (χ0) is 14.0. The SMILES string of the molecule is CNC(c1ccc(F)cc1C)C1CCC(C)C(C)C1. The third-order valence-electron chi connectivity index (χ3n) is 4.99. The van der Waals surface area contributed by atoms with Crippen molar-refractivity contribution in [3.05, 3.63) is 35.1 Å². The summed E-state index contributed by atoms with van der Waals surface area (Å²) < 4.78 is 13.2. The van der Waals surface area contributed by atoms with E-state index in [-0.39, 0.29) is 5.82 Å². The van der Waals surface area contributed by atoms with E-state index in [2.05, 4.69) is 19.2 Å². The van der Waals surface area contributed by atoms with Gasteiger partial charge < -0.3 is 5.32 Å². The lowest BCUT2D eigenvalue weighted by atomic mass is 9.71. The summed E-state index contributed by atoms with van der Waals surface area (Å²) in [5, 5.41) is 3.46. The maximum Gasteiger partial charge on any atom is 0.123 e. The molecule has 0 bridgehead atoms. The van der Waals surface area contributed by atoms with E-state index in [0.29, 0.717) is 12.0 Å². The van der Waals surface area contributed by atoms with Gasteiger partial charge in [0.1, 0.15) is 5.82 Å². The second-order valence-corrected chi connectivity index (χ2v) is 6.29. The van der Waals surface area contributed by atoms with Gasteiger partial charge >= 0.3 is 0 Å². The maximum atomic E-state index is 13.2. The second kappa shape index (κ2) is 6.04. The topological polar surface area (TPSA) is 12.0 Å². The molecule has 0 spiro atoms. The van der Waals surface area contributed by atoms with E-state index >= 15 is 0 Å². The molecule has 106 valence electrons. The summed E-state index contributed by atoms with van der Waals surface area (Å²) in [5.74, 6) is 2.15. The Morgan fingerprint density at radius 2 is 1.95 bits per heavy atom. The first kappa shape index (κ1) is 14.5. The maximum absolute atomic E-state index is 13.2. The van der Waals surface area contributed by atoms with Crippen LogP contribution in [-0.4, -0.2) is 7.05 Å². The monoisotopic (exact) mass is 263 g/mol. The van der Waals surface area contributed by atoms with Gasteiger partial charge in [0.15, 0.2) is 0 Å². The molecule has 0 saturated heterocycles. The summed E-state index contributed by atoms with van der Waals surface area (Å²) in [6, 6.07) is 5.54. The van der Waals surface area contributed by atoms with Gasteiger partial charge in [-0.25, -0.2) is 4.39 Å². The standard InChI is InChI=1S/C17H26FN/c1-11-5-6-14(9-12(11)2)17(19-4)16-8-7-15(18)10-13(16)3/h7-8,10-12,14,17,19H,5-6,9H2,1-4H3. The summed E-state index contributed by atoms with van der Waals surface area (Å²) in [4.78, 5) is 0. The van der Waals surface area contributed by atoms with Crippen molar-refractivity contribution >= 4 is 0 Å². The molecule has 4 unspecified atom stereocenters. The lowest BCUT2D eigenvalue weighted by Crippen LogP contribution is -2.31. The molecule has 1 aliphatic rings. The minimum absolute atomic E-state index is 0.137. The van der Waals surface area contributed by atoms with E-state index in [0.717, 1.165) is 17.4 Å². The zero-order valence-electron chi connectivity index (χ0n) is 12.5. The summed E-state index contributed by atoms with van der Waals surface area (Å²) in [6.45, 7) is 6.73. The average Bonchev–Trinajstić information content (AvgIpc) is 2.37. The number of hydrogen-bond acceptors (Lipinski definition) is 1. The van der Waals surface area contributed by atoms with Crippen molar-refractivity contribution in [3.8, 4) is 0 Å². The summed E-state index contributed by atoms with van der Waals surface area (Å²) in [5.41, 5.74) is 2.32. The number of hydrogen-bond donors (Lipinski definition) is 1. The van der Waals surface area contributed by atoms with Crippen LogP contribution in [0.1, 0.15) is 50.3 Å². The van der Waals surface area contributed by atoms with Gasteiger partial charge in [-0.15, -0.1) is 0 Å². The number of halogens is 1. The molecule has 0 aliphatic heterocycles. The third-order valence-corrected chi connectivity index (χ3v) is 4.99. The smallest absolute Gasteiger partial charge is 0.123 e. The van der Waals surface area contributed by atoms with Crippen LogP contribution in [0, 0.1) is 30.5 Å². The van der Waals surface area contributed by atoms with Gasteiger partial charge in [-0.1, -0.05) is 26.3 Å². The second-order valence-electron chi connectivity index (χ2n) is 6.29. The highest BCUT2D eigenvalue weighted by Crippen LogP contribution is 2.40. The molecule has 1 fully saturated rings. The Labute approximate surface area is 116 Å². The van der Waals surface area contributed by atoms with Crippen molar-refractivity contribution in [2.75, 3.05) is 7.05 Å². The van der Waals surface area contributed by atoms with Gasteiger partial charge in [-0.2, -0.15) is 0 Å². The van der Waals surface area contributed by atoms with Gasteiger partial charge in [0, 0.05) is 6.04 Å². The van der Waals surface area contributed by atoms with Crippen molar-refractivity contribution in [1.82, 2.24) is 5.32 Å². The van der Waals surface area contributed by atoms with Crippen LogP contribution in [-0.2, 0) is 0 Å². The number of rotatable bonds is 3. The highest BCUT2D eigenvalue weighted by molar-refractivity contribution is 5.30. The van der Waals surface area contributed by atoms with Crippen LogP contribution in [0.4, 0.5) is 4.39 Å². The Bertz CT molecular complexity index is 429. The molecule has 4 atom stereocenters. The molecule has 0 heterocycles. The Hall–Kier alpha value is -0.890. The highest BCUT2D eigenvalue weighted by Gasteiger charge is 2.30. The van der Waals surface area contributed by atoms with Crippen LogP contribution < -0.4 is 5.32 Å². The first-order valence-electron chi connectivity index (χ1n) is 7.46. The van der Waals surface area contributed by atoms with E-state index in [1.54, 1.807) is 12.1 Å². The summed E-state index contributed by atoms with van der Waals surface area (Å²) in [6.07, 6.45) is 3.85. The Balaban J connectivity index is 2.20. The molecule has 1 aliphatic carbocycles. The summed E-state index contributed by atoms with van der Waals surface area (Å²) >= 11 is 0. The first-order chi connectivity index (χ1) is 9.02. The van der Waals surface area contributed by atoms with Crippen LogP contribution in [0.2, 0.25) is 0 Å². The molecular weight excluding hydrogens is 237 g/mol. The van der Waals surface area contributed by atoms with Crippen LogP contribution in [0.5, 0.6) is 0 Å². The average molecular weight is 263 g/mol. The molecule has 1 aromatic rings. The normalized spacial score (nSPS) is 29.2. The quantitative estimate of drug-likeness (QED) is 0.848. The Kier molecular flexibility index (Phi) is 4.62. The van der Waals surface area contributed by atoms with Gasteiger partial charge in [-0.05, 0) is 67.8 Å². The minimum atomic E-state index is -0.137. The number of aryl methyl sites for hydroxylation is 1. The molecule has 1 aromatic carbocycles. The highest BCUT2D eigenvalue weighted by atomic mass is 19.1. The Morgan fingerprint density at radius 3 is 2.53 bits per heavy atom. The van der Waals surface area contributed by atoms with E-state index in [1.807, 2.05) is 20.0 Å². The minimum Gasteiger partial charge on any atom is -0.313 e. The van der Waals surface area contributed by atoms with Gasteiger partial charge in [0.25, 0.3) is 0 Å². The lowest BCUT2D eigenvalue weighted by molar-refractivity contribution is 0.174. The molecule has 0 aromatic heterocycles. The third kappa shape index (κ3) is 3.17. The van der Waals surface area contributed by atoms with E-state index < -0.39 is 0 Å². The van der Waals surface area contributed by atoms with Gasteiger partial charge in [-0.3, -0.25) is 0 Å². The zero-order valence-corrected chi connectivity index (χ0v) is 12.5. The lowest BCUT2D eigenvalue weighted by Gasteiger charge is -2.37. The number of nitrogens with one attached hydrogen (secondary N) is 1. The van der Waals surface area contributed by atoms with Crippen molar-refractivity contribution in [1.29, 1.82) is 0 Å². The van der Waals surface area contributed by atoms with Crippen LogP contribution in [0.3, 0.4) is 0 Å². The van der Waals surface area contributed by atoms with Crippen molar-refractivity contribution in [3.63, 3.8) is 0 Å². The van der Waals surface area contributed by atoms with E-state index in [1.165, 1.54) is 24.8 Å². The predicted octanol–water partition coefficient (Wildman–Crippen LogP) is 4.47. The molecule has 19 heavy (non-hydrogen) atoms. The first-order valence-corrected chi connectivity index (χ1v) is 7.46. The van der Waals surface area contributed by atoms with Crippen molar-refractivity contribution in [2.45, 2.75) is 46.1 Å². The predicted molar refractivity (Wildman–Crippen MR) is 78.6 cm³/mol. The molecule has 1 saturated carbocycles. The van der Waals surface area contributed by atoms with Crippen LogP contribution >= 0.6 is 0 Å². The van der Waals surface area contributed by atoms with Crippen molar-refractivity contribution in [2.24, 2.45) is 17.8 Å². The fraction of sp³-hybridized carbons (Fsp3) is 0.647. The van der Waals surface area contributed by atoms with Gasteiger partial charge in [0.05, 0.1) is 0 Å². The van der Waals surface area contributed by atoms with Crippen LogP contribution in [0.25, 0.3) is 0 Å². The fourth-order valence-electron chi connectivity index (χ4n) is 3.53. The number of benzene rings is 1. The van der Waals surface area contributed by atoms with Crippen molar-refractivity contribution < 1.29 is 4.39 Å². The largest absolute Gasteiger partial charge is 0.313 e. The molecule has 1 nitrogen and oxygen atoms in total. The van der Waals surface area contributed by atoms with Crippen LogP contribution in [0.15, 0.2) is 18.2 Å². The molecular formula is C17H26FN. The Morgan fingerprint density at radius 1 is 1.21 bits per heavy atom. The fourth-order valence-corrected chi connectivity index (χ4v) is 3.53. The summed E-state index contributed by atoms with van der Waals surface area (Å²) in [7, 11) is 2.02. The molecule has 1 N–H and O–H groups in total. The molecule has 2 heteroatoms.